The number of benzene rings is 3. The molecule has 0 spiro atoms. The zero-order valence-electron chi connectivity index (χ0n) is 19.5. The van der Waals surface area contributed by atoms with Crippen molar-refractivity contribution in [2.75, 3.05) is 12.4 Å². The van der Waals surface area contributed by atoms with Crippen LogP contribution >= 0.6 is 0 Å². The van der Waals surface area contributed by atoms with Crippen molar-refractivity contribution < 1.29 is 14.3 Å². The molecule has 2 heterocycles. The summed E-state index contributed by atoms with van der Waals surface area (Å²) in [7, 11) is 1.58. The molecule has 178 valence electrons. The molecule has 5 rings (SSSR count). The van der Waals surface area contributed by atoms with Gasteiger partial charge in [0.15, 0.2) is 0 Å². The van der Waals surface area contributed by atoms with Crippen molar-refractivity contribution in [3.63, 3.8) is 0 Å². The van der Waals surface area contributed by atoms with Crippen LogP contribution in [0.4, 0.5) is 5.69 Å². The first-order valence-corrected chi connectivity index (χ1v) is 11.7. The summed E-state index contributed by atoms with van der Waals surface area (Å²) in [6.45, 7) is 0.622. The first-order chi connectivity index (χ1) is 17.1. The lowest BCUT2D eigenvalue weighted by atomic mass is 9.95. The Labute approximate surface area is 203 Å². The molecule has 7 heteroatoms. The molecule has 3 aromatic carbocycles. The fourth-order valence-corrected chi connectivity index (χ4v) is 4.57. The average molecular weight is 469 g/mol. The summed E-state index contributed by atoms with van der Waals surface area (Å²) in [4.78, 5) is 29.9. The highest BCUT2D eigenvalue weighted by Gasteiger charge is 2.29. The van der Waals surface area contributed by atoms with E-state index in [1.165, 1.54) is 5.56 Å². The molecule has 1 aliphatic heterocycles. The van der Waals surface area contributed by atoms with Crippen LogP contribution in [0.2, 0.25) is 0 Å². The van der Waals surface area contributed by atoms with Crippen molar-refractivity contribution in [1.29, 1.82) is 0 Å². The van der Waals surface area contributed by atoms with E-state index < -0.39 is 12.1 Å². The Bertz CT molecular complexity index is 1360. The summed E-state index contributed by atoms with van der Waals surface area (Å²) >= 11 is 0. The maximum atomic E-state index is 13.4. The highest BCUT2D eigenvalue weighted by atomic mass is 16.5. The van der Waals surface area contributed by atoms with Gasteiger partial charge in [0.2, 0.25) is 11.8 Å². The second-order valence-electron chi connectivity index (χ2n) is 8.75. The molecule has 0 aliphatic carbocycles. The normalized spacial score (nSPS) is 15.7. The fourth-order valence-electron chi connectivity index (χ4n) is 4.57. The Kier molecular flexibility index (Phi) is 6.50. The number of hydrogen-bond acceptors (Lipinski definition) is 4. The van der Waals surface area contributed by atoms with Crippen LogP contribution in [0, 0.1) is 0 Å². The Morgan fingerprint density at radius 3 is 2.69 bits per heavy atom. The first kappa shape index (κ1) is 22.7. The van der Waals surface area contributed by atoms with Crippen molar-refractivity contribution in [3.05, 3.63) is 95.7 Å². The number of methoxy groups -OCH3 is 1. The fraction of sp³-hybridized carbons (Fsp3) is 0.214. The molecule has 0 saturated carbocycles. The lowest BCUT2D eigenvalue weighted by Gasteiger charge is -2.27. The summed E-state index contributed by atoms with van der Waals surface area (Å²) < 4.78 is 5.27. The summed E-state index contributed by atoms with van der Waals surface area (Å²) in [6, 6.07) is 22.1. The first-order valence-electron chi connectivity index (χ1n) is 11.7. The number of amides is 2. The molecule has 0 bridgehead atoms. The van der Waals surface area contributed by atoms with E-state index in [0.717, 1.165) is 22.0 Å². The van der Waals surface area contributed by atoms with E-state index in [-0.39, 0.29) is 11.8 Å². The van der Waals surface area contributed by atoms with E-state index >= 15 is 0 Å². The topological polar surface area (TPSA) is 95.2 Å². The largest absolute Gasteiger partial charge is 0.497 e. The van der Waals surface area contributed by atoms with Crippen LogP contribution < -0.4 is 20.7 Å². The molecule has 0 unspecified atom stereocenters. The van der Waals surface area contributed by atoms with Crippen molar-refractivity contribution in [2.24, 2.45) is 0 Å². The minimum atomic E-state index is -0.758. The molecule has 0 saturated heterocycles. The zero-order valence-corrected chi connectivity index (χ0v) is 19.5. The molecule has 1 aromatic heterocycles. The number of carbonyl (C=O) groups is 2. The van der Waals surface area contributed by atoms with Crippen molar-refractivity contribution in [3.8, 4) is 5.75 Å². The molecule has 7 nitrogen and oxygen atoms in total. The average Bonchev–Trinajstić information content (AvgIpc) is 3.30. The smallest absolute Gasteiger partial charge is 0.247 e. The van der Waals surface area contributed by atoms with Crippen molar-refractivity contribution in [1.82, 2.24) is 15.6 Å². The number of aromatic nitrogens is 1. The molecule has 35 heavy (non-hydrogen) atoms. The van der Waals surface area contributed by atoms with Crippen LogP contribution in [0.25, 0.3) is 10.9 Å². The van der Waals surface area contributed by atoms with E-state index in [2.05, 4.69) is 33.1 Å². The van der Waals surface area contributed by atoms with Crippen LogP contribution in [-0.4, -0.2) is 36.0 Å². The van der Waals surface area contributed by atoms with Gasteiger partial charge in [0.05, 0.1) is 13.2 Å². The van der Waals surface area contributed by atoms with Gasteiger partial charge in [-0.25, -0.2) is 0 Å². The molecule has 1 aliphatic rings. The number of H-pyrrole nitrogens is 1. The van der Waals surface area contributed by atoms with E-state index in [4.69, 9.17) is 4.74 Å². The van der Waals surface area contributed by atoms with Crippen LogP contribution in [-0.2, 0) is 29.0 Å². The molecule has 2 amide bonds. The second-order valence-corrected chi connectivity index (χ2v) is 8.75. The summed E-state index contributed by atoms with van der Waals surface area (Å²) in [5.74, 6) is 0.170. The van der Waals surface area contributed by atoms with Gasteiger partial charge < -0.3 is 25.7 Å². The summed E-state index contributed by atoms with van der Waals surface area (Å²) in [5, 5.41) is 10.3. The maximum Gasteiger partial charge on any atom is 0.247 e. The van der Waals surface area contributed by atoms with Gasteiger partial charge >= 0.3 is 0 Å². The molecule has 0 radical (unpaired) electrons. The number of anilines is 1. The number of ether oxygens (including phenoxy) is 1. The van der Waals surface area contributed by atoms with E-state index in [0.29, 0.717) is 30.8 Å². The van der Waals surface area contributed by atoms with Gasteiger partial charge in [0.25, 0.3) is 0 Å². The van der Waals surface area contributed by atoms with Crippen LogP contribution in [0.3, 0.4) is 0 Å². The van der Waals surface area contributed by atoms with Gasteiger partial charge in [-0.2, -0.15) is 0 Å². The summed E-state index contributed by atoms with van der Waals surface area (Å²) in [5.41, 5.74) is 4.92. The highest BCUT2D eigenvalue weighted by molar-refractivity contribution is 5.98. The monoisotopic (exact) mass is 468 g/mol. The van der Waals surface area contributed by atoms with Gasteiger partial charge in [-0.1, -0.05) is 48.5 Å². The number of para-hydroxylation sites is 1. The van der Waals surface area contributed by atoms with Gasteiger partial charge in [-0.3, -0.25) is 9.59 Å². The number of aromatic amines is 1. The predicted molar refractivity (Wildman–Crippen MR) is 136 cm³/mol. The Hall–Kier alpha value is -4.10. The van der Waals surface area contributed by atoms with E-state index in [9.17, 15) is 9.59 Å². The Morgan fingerprint density at radius 2 is 1.83 bits per heavy atom. The third-order valence-electron chi connectivity index (χ3n) is 6.47. The standard InChI is InChI=1S/C28H28N4O3/c1-35-22-10-6-9-21(15-22)31-28(34)26(14-20-17-29-24-12-5-4-11-23(20)24)32-27(33)25-13-18-7-2-3-8-19(18)16-30-25/h2-12,15,17,25-26,29-30H,13-14,16H2,1H3,(H,31,34)(H,32,33)/t25-,26+/m1/s1. The zero-order chi connectivity index (χ0) is 24.2. The number of carbonyl (C=O) groups excluding carboxylic acids is 2. The van der Waals surface area contributed by atoms with Gasteiger partial charge in [0.1, 0.15) is 11.8 Å². The number of fused-ring (bicyclic) bond motifs is 2. The molecule has 4 N–H and O–H groups in total. The molecular weight excluding hydrogens is 440 g/mol. The van der Waals surface area contributed by atoms with Crippen LogP contribution in [0.5, 0.6) is 5.75 Å². The number of rotatable bonds is 7. The highest BCUT2D eigenvalue weighted by Crippen LogP contribution is 2.22. The number of nitrogens with one attached hydrogen (secondary N) is 4. The third kappa shape index (κ3) is 5.05. The van der Waals surface area contributed by atoms with E-state index in [1.807, 2.05) is 54.7 Å². The van der Waals surface area contributed by atoms with E-state index in [1.54, 1.807) is 19.2 Å². The van der Waals surface area contributed by atoms with Gasteiger partial charge in [-0.05, 0) is 41.3 Å². The van der Waals surface area contributed by atoms with Crippen LogP contribution in [0.15, 0.2) is 79.0 Å². The second kappa shape index (κ2) is 10.0. The molecule has 4 aromatic rings. The predicted octanol–water partition coefficient (Wildman–Crippen LogP) is 3.56. The van der Waals surface area contributed by atoms with Crippen molar-refractivity contribution >= 4 is 28.4 Å². The SMILES string of the molecule is COc1cccc(NC(=O)[C@H](Cc2c[nH]c3ccccc23)NC(=O)[C@H]2Cc3ccccc3CN2)c1. The maximum absolute atomic E-state index is 13.4. The molecule has 2 atom stereocenters. The molecule has 0 fully saturated rings. The van der Waals surface area contributed by atoms with Gasteiger partial charge in [0, 0.05) is 41.8 Å². The third-order valence-corrected chi connectivity index (χ3v) is 6.47. The van der Waals surface area contributed by atoms with Crippen molar-refractivity contribution in [2.45, 2.75) is 31.5 Å². The summed E-state index contributed by atoms with van der Waals surface area (Å²) in [6.07, 6.45) is 2.84. The minimum Gasteiger partial charge on any atom is -0.497 e. The lowest BCUT2D eigenvalue weighted by molar-refractivity contribution is -0.128. The minimum absolute atomic E-state index is 0.190. The lowest BCUT2D eigenvalue weighted by Crippen LogP contribution is -2.53. The molecular formula is C28H28N4O3. The Balaban J connectivity index is 1.37. The van der Waals surface area contributed by atoms with Crippen LogP contribution in [0.1, 0.15) is 16.7 Å². The van der Waals surface area contributed by atoms with Gasteiger partial charge in [-0.15, -0.1) is 0 Å². The Morgan fingerprint density at radius 1 is 1.03 bits per heavy atom. The quantitative estimate of drug-likeness (QED) is 0.334. The number of hydrogen-bond donors (Lipinski definition) is 4.